The number of carbonyl (C=O) groups excluding carboxylic acids is 1. The third-order valence-corrected chi connectivity index (χ3v) is 5.70. The van der Waals surface area contributed by atoms with Crippen molar-refractivity contribution in [3.05, 3.63) is 41.2 Å². The first-order valence-corrected chi connectivity index (χ1v) is 10.3. The second-order valence-corrected chi connectivity index (χ2v) is 8.29. The summed E-state index contributed by atoms with van der Waals surface area (Å²) in [6, 6.07) is 1.08. The SMILES string of the molecule is Cc1noc2nc(C3CCCN(C(=O)Cn4ccnc4C(C)C)C3)cc(C(F)(F)F)c12. The summed E-state index contributed by atoms with van der Waals surface area (Å²) in [6.07, 6.45) is 0.221. The normalized spacial score (nSPS) is 17.6. The molecule has 0 radical (unpaired) electrons. The summed E-state index contributed by atoms with van der Waals surface area (Å²) < 4.78 is 47.9. The van der Waals surface area contributed by atoms with E-state index in [0.717, 1.165) is 11.9 Å². The minimum atomic E-state index is -4.55. The molecule has 0 bridgehead atoms. The lowest BCUT2D eigenvalue weighted by Gasteiger charge is -2.33. The van der Waals surface area contributed by atoms with Crippen LogP contribution in [0.25, 0.3) is 11.1 Å². The smallest absolute Gasteiger partial charge is 0.340 e. The summed E-state index contributed by atoms with van der Waals surface area (Å²) in [5.41, 5.74) is -0.484. The predicted molar refractivity (Wildman–Crippen MR) is 106 cm³/mol. The number of rotatable bonds is 4. The minimum absolute atomic E-state index is 0.0859. The molecule has 0 aliphatic carbocycles. The molecule has 0 spiro atoms. The molecule has 7 nitrogen and oxygen atoms in total. The largest absolute Gasteiger partial charge is 0.417 e. The van der Waals surface area contributed by atoms with Crippen LogP contribution in [0.2, 0.25) is 0 Å². The van der Waals surface area contributed by atoms with Gasteiger partial charge in [0.05, 0.1) is 22.3 Å². The van der Waals surface area contributed by atoms with Gasteiger partial charge in [0.2, 0.25) is 5.91 Å². The van der Waals surface area contributed by atoms with Gasteiger partial charge in [0.1, 0.15) is 12.4 Å². The van der Waals surface area contributed by atoms with Crippen molar-refractivity contribution in [3.8, 4) is 0 Å². The molecule has 1 atom stereocenters. The summed E-state index contributed by atoms with van der Waals surface area (Å²) in [5, 5.41) is 3.54. The van der Waals surface area contributed by atoms with Crippen LogP contribution in [0.3, 0.4) is 0 Å². The molecule has 166 valence electrons. The number of aryl methyl sites for hydroxylation is 1. The lowest BCUT2D eigenvalue weighted by Crippen LogP contribution is -2.41. The highest BCUT2D eigenvalue weighted by Crippen LogP contribution is 2.38. The number of piperidine rings is 1. The summed E-state index contributed by atoms with van der Waals surface area (Å²) in [5.74, 6) is 0.613. The van der Waals surface area contributed by atoms with Crippen LogP contribution < -0.4 is 0 Å². The molecule has 1 saturated heterocycles. The molecule has 0 aromatic carbocycles. The molecule has 0 N–H and O–H groups in total. The van der Waals surface area contributed by atoms with Crippen molar-refractivity contribution in [1.29, 1.82) is 0 Å². The van der Waals surface area contributed by atoms with E-state index in [4.69, 9.17) is 4.52 Å². The molecule has 1 aliphatic rings. The number of pyridine rings is 1. The average molecular weight is 435 g/mol. The number of hydrogen-bond acceptors (Lipinski definition) is 5. The highest BCUT2D eigenvalue weighted by molar-refractivity contribution is 5.81. The fourth-order valence-electron chi connectivity index (χ4n) is 4.19. The number of carbonyl (C=O) groups is 1. The summed E-state index contributed by atoms with van der Waals surface area (Å²) in [7, 11) is 0. The second-order valence-electron chi connectivity index (χ2n) is 8.29. The first kappa shape index (κ1) is 21.3. The van der Waals surface area contributed by atoms with Gasteiger partial charge >= 0.3 is 6.18 Å². The monoisotopic (exact) mass is 435 g/mol. The molecule has 4 rings (SSSR count). The molecular weight excluding hydrogens is 411 g/mol. The Morgan fingerprint density at radius 3 is 2.84 bits per heavy atom. The molecule has 1 fully saturated rings. The van der Waals surface area contributed by atoms with Gasteiger partial charge in [-0.25, -0.2) is 9.97 Å². The fraction of sp³-hybridized carbons (Fsp3) is 0.524. The zero-order valence-electron chi connectivity index (χ0n) is 17.6. The first-order chi connectivity index (χ1) is 14.6. The number of likely N-dealkylation sites (tertiary alicyclic amines) is 1. The van der Waals surface area contributed by atoms with Gasteiger partial charge in [-0.3, -0.25) is 4.79 Å². The maximum Gasteiger partial charge on any atom is 0.417 e. The number of hydrogen-bond donors (Lipinski definition) is 0. The Kier molecular flexibility index (Phi) is 5.49. The van der Waals surface area contributed by atoms with Gasteiger partial charge < -0.3 is 14.0 Å². The summed E-state index contributed by atoms with van der Waals surface area (Å²) in [4.78, 5) is 23.2. The molecular formula is C21H24F3N5O2. The van der Waals surface area contributed by atoms with Gasteiger partial charge in [-0.15, -0.1) is 0 Å². The lowest BCUT2D eigenvalue weighted by molar-refractivity contribution is -0.136. The first-order valence-electron chi connectivity index (χ1n) is 10.3. The molecule has 1 aliphatic heterocycles. The molecule has 1 unspecified atom stereocenters. The van der Waals surface area contributed by atoms with Crippen LogP contribution in [0.1, 0.15) is 61.3 Å². The van der Waals surface area contributed by atoms with E-state index in [2.05, 4.69) is 15.1 Å². The van der Waals surface area contributed by atoms with Crippen LogP contribution in [0.5, 0.6) is 0 Å². The zero-order valence-corrected chi connectivity index (χ0v) is 17.6. The summed E-state index contributed by atoms with van der Waals surface area (Å²) in [6.45, 7) is 6.51. The Labute approximate surface area is 177 Å². The molecule has 0 saturated carbocycles. The fourth-order valence-corrected chi connectivity index (χ4v) is 4.19. The Morgan fingerprint density at radius 1 is 1.35 bits per heavy atom. The lowest BCUT2D eigenvalue weighted by atomic mass is 9.92. The van der Waals surface area contributed by atoms with Crippen LogP contribution in [0.15, 0.2) is 23.0 Å². The van der Waals surface area contributed by atoms with E-state index in [1.165, 1.54) is 6.92 Å². The van der Waals surface area contributed by atoms with Gasteiger partial charge in [0.15, 0.2) is 0 Å². The predicted octanol–water partition coefficient (Wildman–Crippen LogP) is 4.28. The van der Waals surface area contributed by atoms with Crippen molar-refractivity contribution in [2.75, 3.05) is 13.1 Å². The highest BCUT2D eigenvalue weighted by Gasteiger charge is 2.37. The molecule has 31 heavy (non-hydrogen) atoms. The average Bonchev–Trinajstić information content (AvgIpc) is 3.33. The number of amides is 1. The number of imidazole rings is 1. The number of fused-ring (bicyclic) bond motifs is 1. The van der Waals surface area contributed by atoms with E-state index < -0.39 is 11.7 Å². The van der Waals surface area contributed by atoms with E-state index in [0.29, 0.717) is 25.9 Å². The molecule has 3 aromatic rings. The van der Waals surface area contributed by atoms with E-state index in [9.17, 15) is 18.0 Å². The van der Waals surface area contributed by atoms with Crippen molar-refractivity contribution >= 4 is 17.0 Å². The van der Waals surface area contributed by atoms with Crippen molar-refractivity contribution in [2.24, 2.45) is 0 Å². The summed E-state index contributed by atoms with van der Waals surface area (Å²) >= 11 is 0. The third-order valence-electron chi connectivity index (χ3n) is 5.70. The third kappa shape index (κ3) is 4.15. The number of aromatic nitrogens is 4. The standard InChI is InChI=1S/C21H24F3N5O2/c1-12(2)19-25-6-8-29(19)11-17(30)28-7-4-5-14(10-28)16-9-15(21(22,23)24)18-13(3)27-31-20(18)26-16/h6,8-9,12,14H,4-5,7,10-11H2,1-3H3. The minimum Gasteiger partial charge on any atom is -0.340 e. The second kappa shape index (κ2) is 7.97. The van der Waals surface area contributed by atoms with Crippen molar-refractivity contribution in [1.82, 2.24) is 24.6 Å². The molecule has 10 heteroatoms. The van der Waals surface area contributed by atoms with Gasteiger partial charge in [0, 0.05) is 37.3 Å². The molecule has 4 heterocycles. The Balaban J connectivity index is 1.58. The van der Waals surface area contributed by atoms with Crippen LogP contribution in [0.4, 0.5) is 13.2 Å². The molecule has 1 amide bonds. The van der Waals surface area contributed by atoms with Crippen molar-refractivity contribution < 1.29 is 22.5 Å². The van der Waals surface area contributed by atoms with E-state index in [1.54, 1.807) is 17.3 Å². The van der Waals surface area contributed by atoms with Crippen molar-refractivity contribution in [2.45, 2.75) is 58.2 Å². The maximum absolute atomic E-state index is 13.7. The number of halogens is 3. The highest BCUT2D eigenvalue weighted by atomic mass is 19.4. The van der Waals surface area contributed by atoms with Crippen LogP contribution in [0, 0.1) is 6.92 Å². The Hall–Kier alpha value is -2.91. The van der Waals surface area contributed by atoms with E-state index >= 15 is 0 Å². The van der Waals surface area contributed by atoms with E-state index in [-0.39, 0.29) is 46.8 Å². The molecule has 3 aromatic heterocycles. The quantitative estimate of drug-likeness (QED) is 0.612. The Morgan fingerprint density at radius 2 is 2.13 bits per heavy atom. The van der Waals surface area contributed by atoms with Gasteiger partial charge in [-0.1, -0.05) is 19.0 Å². The number of alkyl halides is 3. The number of nitrogens with zero attached hydrogens (tertiary/aromatic N) is 5. The van der Waals surface area contributed by atoms with Gasteiger partial charge in [-0.2, -0.15) is 13.2 Å². The van der Waals surface area contributed by atoms with E-state index in [1.807, 2.05) is 18.4 Å². The van der Waals surface area contributed by atoms with Crippen molar-refractivity contribution in [3.63, 3.8) is 0 Å². The van der Waals surface area contributed by atoms with Crippen LogP contribution in [-0.4, -0.2) is 43.6 Å². The zero-order chi connectivity index (χ0) is 22.3. The maximum atomic E-state index is 13.7. The van der Waals surface area contributed by atoms with Gasteiger partial charge in [0.25, 0.3) is 5.71 Å². The Bertz CT molecular complexity index is 1100. The van der Waals surface area contributed by atoms with Crippen LogP contribution in [-0.2, 0) is 17.5 Å². The van der Waals surface area contributed by atoms with Crippen LogP contribution >= 0.6 is 0 Å². The topological polar surface area (TPSA) is 77.0 Å². The van der Waals surface area contributed by atoms with Gasteiger partial charge in [-0.05, 0) is 25.8 Å².